The molecule has 2 fully saturated rings. The fourth-order valence-electron chi connectivity index (χ4n) is 6.70. The van der Waals surface area contributed by atoms with E-state index in [1.165, 1.54) is 41.6 Å². The number of nitrogens with one attached hydrogen (secondary N) is 2. The Hall–Kier alpha value is -3.07. The molecule has 1 aliphatic heterocycles. The molecule has 3 aromatic rings. The molecule has 3 heteroatoms. The maximum Gasteiger partial charge on any atom is 0.255 e. The van der Waals surface area contributed by atoms with Crippen molar-refractivity contribution in [2.45, 2.75) is 45.1 Å². The Kier molecular flexibility index (Phi) is 4.60. The number of anilines is 2. The lowest BCUT2D eigenvalue weighted by atomic mass is 9.68. The van der Waals surface area contributed by atoms with Crippen molar-refractivity contribution >= 4 is 17.3 Å². The van der Waals surface area contributed by atoms with Crippen molar-refractivity contribution < 1.29 is 4.79 Å². The van der Waals surface area contributed by atoms with Gasteiger partial charge in [0.25, 0.3) is 5.91 Å². The summed E-state index contributed by atoms with van der Waals surface area (Å²) >= 11 is 0. The van der Waals surface area contributed by atoms with E-state index in [1.807, 2.05) is 18.2 Å². The lowest BCUT2D eigenvalue weighted by Gasteiger charge is -2.43. The lowest BCUT2D eigenvalue weighted by molar-refractivity contribution is 0.102. The normalized spacial score (nSPS) is 27.4. The third kappa shape index (κ3) is 3.06. The molecule has 1 heterocycles. The van der Waals surface area contributed by atoms with Crippen LogP contribution in [0.25, 0.3) is 0 Å². The van der Waals surface area contributed by atoms with Gasteiger partial charge in [-0.15, -0.1) is 0 Å². The van der Waals surface area contributed by atoms with Crippen LogP contribution < -0.4 is 10.6 Å². The molecule has 2 aliphatic carbocycles. The summed E-state index contributed by atoms with van der Waals surface area (Å²) in [7, 11) is 0. The molecule has 0 unspecified atom stereocenters. The number of hydrogen-bond donors (Lipinski definition) is 2. The number of carbonyl (C=O) groups is 1. The highest BCUT2D eigenvalue weighted by molar-refractivity contribution is 6.05. The molecule has 0 saturated heterocycles. The molecule has 162 valence electrons. The van der Waals surface area contributed by atoms with Crippen molar-refractivity contribution in [2.75, 3.05) is 10.6 Å². The molecule has 3 aromatic carbocycles. The van der Waals surface area contributed by atoms with Gasteiger partial charge in [-0.2, -0.15) is 0 Å². The summed E-state index contributed by atoms with van der Waals surface area (Å²) in [6.07, 6.45) is 4.00. The number of benzene rings is 3. The molecule has 5 atom stereocenters. The topological polar surface area (TPSA) is 41.1 Å². The second-order valence-electron chi connectivity index (χ2n) is 9.97. The van der Waals surface area contributed by atoms with Crippen LogP contribution >= 0.6 is 0 Å². The van der Waals surface area contributed by atoms with Crippen molar-refractivity contribution in [1.82, 2.24) is 0 Å². The number of rotatable bonds is 3. The van der Waals surface area contributed by atoms with Gasteiger partial charge in [-0.25, -0.2) is 0 Å². The first kappa shape index (κ1) is 19.6. The average Bonchev–Trinajstić information content (AvgIpc) is 3.44. The smallest absolute Gasteiger partial charge is 0.255 e. The highest BCUT2D eigenvalue weighted by Crippen LogP contribution is 2.63. The molecule has 2 saturated carbocycles. The predicted molar refractivity (Wildman–Crippen MR) is 130 cm³/mol. The summed E-state index contributed by atoms with van der Waals surface area (Å²) in [4.78, 5) is 13.2. The Labute approximate surface area is 190 Å². The predicted octanol–water partition coefficient (Wildman–Crippen LogP) is 6.85. The van der Waals surface area contributed by atoms with Crippen LogP contribution in [-0.4, -0.2) is 5.91 Å². The summed E-state index contributed by atoms with van der Waals surface area (Å²) in [6, 6.07) is 23.6. The van der Waals surface area contributed by atoms with E-state index in [-0.39, 0.29) is 5.91 Å². The largest absolute Gasteiger partial charge is 0.378 e. The average molecular weight is 423 g/mol. The van der Waals surface area contributed by atoms with Crippen LogP contribution in [0.15, 0.2) is 66.7 Å². The lowest BCUT2D eigenvalue weighted by Crippen LogP contribution is -2.35. The van der Waals surface area contributed by atoms with Crippen LogP contribution in [0.5, 0.6) is 0 Å². The van der Waals surface area contributed by atoms with Crippen LogP contribution in [0.3, 0.4) is 0 Å². The molecule has 6 rings (SSSR count). The summed E-state index contributed by atoms with van der Waals surface area (Å²) in [5.74, 6) is 2.66. The second-order valence-corrected chi connectivity index (χ2v) is 9.97. The Morgan fingerprint density at radius 2 is 1.75 bits per heavy atom. The van der Waals surface area contributed by atoms with E-state index in [4.69, 9.17) is 0 Å². The third-order valence-corrected chi connectivity index (χ3v) is 8.36. The number of fused-ring (bicyclic) bond motifs is 7. The van der Waals surface area contributed by atoms with E-state index in [0.717, 1.165) is 28.7 Å². The summed E-state index contributed by atoms with van der Waals surface area (Å²) in [5.41, 5.74) is 7.91. The maximum atomic E-state index is 13.2. The number of aryl methyl sites for hydroxylation is 1. The summed E-state index contributed by atoms with van der Waals surface area (Å²) < 4.78 is 0. The van der Waals surface area contributed by atoms with Gasteiger partial charge in [0.15, 0.2) is 0 Å². The molecule has 2 N–H and O–H groups in total. The van der Waals surface area contributed by atoms with Crippen LogP contribution in [0.1, 0.15) is 63.8 Å². The first-order valence-corrected chi connectivity index (χ1v) is 11.9. The Morgan fingerprint density at radius 3 is 2.59 bits per heavy atom. The minimum absolute atomic E-state index is 0.0219. The molecular weight excluding hydrogens is 392 g/mol. The van der Waals surface area contributed by atoms with Crippen LogP contribution in [-0.2, 0) is 0 Å². The molecule has 1 amide bonds. The number of amides is 1. The highest BCUT2D eigenvalue weighted by Gasteiger charge is 2.53. The zero-order valence-corrected chi connectivity index (χ0v) is 18.8. The van der Waals surface area contributed by atoms with E-state index >= 15 is 0 Å². The summed E-state index contributed by atoms with van der Waals surface area (Å²) in [6.45, 7) is 4.14. The fourth-order valence-corrected chi connectivity index (χ4v) is 6.70. The van der Waals surface area contributed by atoms with E-state index in [0.29, 0.717) is 17.9 Å². The van der Waals surface area contributed by atoms with Crippen molar-refractivity contribution in [3.63, 3.8) is 0 Å². The Balaban J connectivity index is 1.35. The van der Waals surface area contributed by atoms with Crippen molar-refractivity contribution in [2.24, 2.45) is 17.8 Å². The SMILES string of the molecule is Cc1cccc(NC(=O)c2ccc3c(c2)[C@@H]2[C@H]4CC[C@@H](C4)[C@H]2[C@@H](c2ccccc2)N3)c1C. The maximum absolute atomic E-state index is 13.2. The van der Waals surface area contributed by atoms with Crippen molar-refractivity contribution in [3.05, 3.63) is 94.5 Å². The molecule has 0 aromatic heterocycles. The molecule has 3 nitrogen and oxygen atoms in total. The molecule has 32 heavy (non-hydrogen) atoms. The minimum atomic E-state index is -0.0219. The van der Waals surface area contributed by atoms with Gasteiger partial charge in [-0.05, 0) is 103 Å². The van der Waals surface area contributed by atoms with E-state index in [9.17, 15) is 4.79 Å². The minimum Gasteiger partial charge on any atom is -0.378 e. The molecular formula is C29H30N2O. The van der Waals surface area contributed by atoms with Crippen LogP contribution in [0.2, 0.25) is 0 Å². The summed E-state index contributed by atoms with van der Waals surface area (Å²) in [5, 5.41) is 7.01. The van der Waals surface area contributed by atoms with E-state index < -0.39 is 0 Å². The van der Waals surface area contributed by atoms with E-state index in [1.54, 1.807) is 0 Å². The molecule has 0 spiro atoms. The number of carbonyl (C=O) groups excluding carboxylic acids is 1. The van der Waals surface area contributed by atoms with Gasteiger partial charge < -0.3 is 10.6 Å². The van der Waals surface area contributed by atoms with Crippen molar-refractivity contribution in [1.29, 1.82) is 0 Å². The highest BCUT2D eigenvalue weighted by atomic mass is 16.1. The Bertz CT molecular complexity index is 1190. The Morgan fingerprint density at radius 1 is 0.938 bits per heavy atom. The van der Waals surface area contributed by atoms with Crippen LogP contribution in [0, 0.1) is 31.6 Å². The van der Waals surface area contributed by atoms with Gasteiger partial charge in [0.05, 0.1) is 6.04 Å². The molecule has 3 aliphatic rings. The van der Waals surface area contributed by atoms with Gasteiger partial charge in [0.1, 0.15) is 0 Å². The standard InChI is InChI=1S/C29H30N2O/c1-17-7-6-10-24(18(17)2)31-29(32)22-13-14-25-23(16-22)26-20-11-12-21(15-20)27(26)28(30-25)19-8-4-3-5-9-19/h3-10,13-14,16,20-21,26-28,30H,11-12,15H2,1-2H3,(H,31,32)/t20-,21-,26-,27+,28+/m0/s1. The molecule has 0 radical (unpaired) electrons. The quantitative estimate of drug-likeness (QED) is 0.484. The monoisotopic (exact) mass is 422 g/mol. The fraction of sp³-hybridized carbons (Fsp3) is 0.345. The zero-order chi connectivity index (χ0) is 21.8. The third-order valence-electron chi connectivity index (χ3n) is 8.36. The zero-order valence-electron chi connectivity index (χ0n) is 18.8. The first-order chi connectivity index (χ1) is 15.6. The van der Waals surface area contributed by atoms with E-state index in [2.05, 4.69) is 73.0 Å². The van der Waals surface area contributed by atoms with Gasteiger partial charge in [0, 0.05) is 16.9 Å². The first-order valence-electron chi connectivity index (χ1n) is 11.9. The van der Waals surface area contributed by atoms with Crippen molar-refractivity contribution in [3.8, 4) is 0 Å². The second kappa shape index (κ2) is 7.51. The van der Waals surface area contributed by atoms with Gasteiger partial charge in [-0.1, -0.05) is 42.5 Å². The van der Waals surface area contributed by atoms with Gasteiger partial charge >= 0.3 is 0 Å². The number of hydrogen-bond acceptors (Lipinski definition) is 2. The van der Waals surface area contributed by atoms with Gasteiger partial charge in [-0.3, -0.25) is 4.79 Å². The van der Waals surface area contributed by atoms with Gasteiger partial charge in [0.2, 0.25) is 0 Å². The van der Waals surface area contributed by atoms with Crippen LogP contribution in [0.4, 0.5) is 11.4 Å². The molecule has 2 bridgehead atoms.